The summed E-state index contributed by atoms with van der Waals surface area (Å²) in [6, 6.07) is 17.6. The summed E-state index contributed by atoms with van der Waals surface area (Å²) in [5, 5.41) is 8.40. The minimum atomic E-state index is 0.0533. The molecule has 2 aliphatic heterocycles. The maximum absolute atomic E-state index is 12.8. The lowest BCUT2D eigenvalue weighted by Gasteiger charge is -2.39. The first-order valence-electron chi connectivity index (χ1n) is 10.6. The standard InChI is InChI=1S/C23H25N5O3/c29-23(18-6-8-20(9-7-18)26-10-12-30-13-11-26)27-15-21(16-27)28-14-19(24-25-28)17-31-22-4-2-1-3-5-22/h1-9,14,21H,10-13,15-17H2. The van der Waals surface area contributed by atoms with E-state index in [1.807, 2.05) is 70.4 Å². The van der Waals surface area contributed by atoms with E-state index in [1.54, 1.807) is 0 Å². The summed E-state index contributed by atoms with van der Waals surface area (Å²) in [6.45, 7) is 4.90. The van der Waals surface area contributed by atoms with Crippen LogP contribution in [0.25, 0.3) is 0 Å². The van der Waals surface area contributed by atoms with Crippen LogP contribution in [0, 0.1) is 0 Å². The van der Waals surface area contributed by atoms with Crippen molar-refractivity contribution in [2.24, 2.45) is 0 Å². The molecular formula is C23H25N5O3. The van der Waals surface area contributed by atoms with Crippen molar-refractivity contribution in [3.63, 3.8) is 0 Å². The molecular weight excluding hydrogens is 394 g/mol. The van der Waals surface area contributed by atoms with E-state index in [-0.39, 0.29) is 11.9 Å². The van der Waals surface area contributed by atoms with Gasteiger partial charge in [-0.1, -0.05) is 23.4 Å². The molecule has 3 aromatic rings. The Morgan fingerprint density at radius 3 is 2.52 bits per heavy atom. The van der Waals surface area contributed by atoms with Crippen molar-refractivity contribution >= 4 is 11.6 Å². The van der Waals surface area contributed by atoms with E-state index in [0.717, 1.165) is 43.4 Å². The van der Waals surface area contributed by atoms with E-state index >= 15 is 0 Å². The third-order valence-corrected chi connectivity index (χ3v) is 5.70. The molecule has 1 aromatic heterocycles. The summed E-state index contributed by atoms with van der Waals surface area (Å²) in [5.41, 5.74) is 2.62. The number of nitrogens with zero attached hydrogens (tertiary/aromatic N) is 5. The Morgan fingerprint density at radius 2 is 1.77 bits per heavy atom. The molecule has 0 saturated carbocycles. The summed E-state index contributed by atoms with van der Waals surface area (Å²) < 4.78 is 12.9. The molecule has 5 rings (SSSR count). The number of likely N-dealkylation sites (tertiary alicyclic amines) is 1. The minimum absolute atomic E-state index is 0.0533. The van der Waals surface area contributed by atoms with E-state index in [2.05, 4.69) is 15.2 Å². The van der Waals surface area contributed by atoms with Crippen molar-refractivity contribution in [1.82, 2.24) is 19.9 Å². The van der Waals surface area contributed by atoms with Crippen LogP contribution in [-0.4, -0.2) is 65.2 Å². The zero-order valence-electron chi connectivity index (χ0n) is 17.3. The molecule has 0 radical (unpaired) electrons. The van der Waals surface area contributed by atoms with Crippen LogP contribution in [0.3, 0.4) is 0 Å². The van der Waals surface area contributed by atoms with Crippen molar-refractivity contribution < 1.29 is 14.3 Å². The van der Waals surface area contributed by atoms with E-state index in [4.69, 9.17) is 9.47 Å². The van der Waals surface area contributed by atoms with Crippen LogP contribution in [0.4, 0.5) is 5.69 Å². The molecule has 2 aliphatic rings. The molecule has 0 aliphatic carbocycles. The highest BCUT2D eigenvalue weighted by molar-refractivity contribution is 5.95. The predicted molar refractivity (Wildman–Crippen MR) is 115 cm³/mol. The van der Waals surface area contributed by atoms with Gasteiger partial charge < -0.3 is 19.3 Å². The molecule has 0 bridgehead atoms. The fourth-order valence-electron chi connectivity index (χ4n) is 3.84. The Bertz CT molecular complexity index is 1010. The molecule has 2 aromatic carbocycles. The SMILES string of the molecule is O=C(c1ccc(N2CCOCC2)cc1)N1CC(n2cc(COc3ccccc3)nn2)C1. The maximum Gasteiger partial charge on any atom is 0.254 e. The number of carbonyl (C=O) groups excluding carboxylic acids is 1. The first kappa shape index (κ1) is 19.6. The molecule has 8 heteroatoms. The van der Waals surface area contributed by atoms with Crippen molar-refractivity contribution in [2.45, 2.75) is 12.6 Å². The maximum atomic E-state index is 12.8. The fraction of sp³-hybridized carbons (Fsp3) is 0.348. The minimum Gasteiger partial charge on any atom is -0.487 e. The largest absolute Gasteiger partial charge is 0.487 e. The van der Waals surface area contributed by atoms with Gasteiger partial charge in [-0.05, 0) is 36.4 Å². The van der Waals surface area contributed by atoms with Crippen LogP contribution in [0.2, 0.25) is 0 Å². The number of para-hydroxylation sites is 1. The molecule has 160 valence electrons. The second-order valence-corrected chi connectivity index (χ2v) is 7.80. The van der Waals surface area contributed by atoms with Gasteiger partial charge >= 0.3 is 0 Å². The van der Waals surface area contributed by atoms with Gasteiger partial charge in [-0.25, -0.2) is 4.68 Å². The first-order valence-corrected chi connectivity index (χ1v) is 10.6. The van der Waals surface area contributed by atoms with Crippen LogP contribution in [-0.2, 0) is 11.3 Å². The summed E-state index contributed by atoms with van der Waals surface area (Å²) in [5.74, 6) is 0.856. The predicted octanol–water partition coefficient (Wildman–Crippen LogP) is 2.39. The van der Waals surface area contributed by atoms with Gasteiger partial charge in [-0.3, -0.25) is 4.79 Å². The average Bonchev–Trinajstić information content (AvgIpc) is 3.26. The third-order valence-electron chi connectivity index (χ3n) is 5.70. The van der Waals surface area contributed by atoms with Gasteiger partial charge in [0.15, 0.2) is 0 Å². The first-order chi connectivity index (χ1) is 15.3. The smallest absolute Gasteiger partial charge is 0.254 e. The van der Waals surface area contributed by atoms with E-state index < -0.39 is 0 Å². The summed E-state index contributed by atoms with van der Waals surface area (Å²) in [4.78, 5) is 16.9. The van der Waals surface area contributed by atoms with Crippen LogP contribution in [0.5, 0.6) is 5.75 Å². The van der Waals surface area contributed by atoms with Crippen LogP contribution < -0.4 is 9.64 Å². The number of benzene rings is 2. The second kappa shape index (κ2) is 8.77. The number of aromatic nitrogens is 3. The van der Waals surface area contributed by atoms with Crippen molar-refractivity contribution in [3.8, 4) is 5.75 Å². The molecule has 0 spiro atoms. The molecule has 0 unspecified atom stereocenters. The Hall–Kier alpha value is -3.39. The molecule has 0 atom stereocenters. The number of anilines is 1. The van der Waals surface area contributed by atoms with Crippen molar-refractivity contribution in [2.75, 3.05) is 44.3 Å². The Labute approximate surface area is 181 Å². The van der Waals surface area contributed by atoms with E-state index in [9.17, 15) is 4.79 Å². The molecule has 31 heavy (non-hydrogen) atoms. The van der Waals surface area contributed by atoms with Gasteiger partial charge in [0.25, 0.3) is 5.91 Å². The van der Waals surface area contributed by atoms with Crippen LogP contribution in [0.15, 0.2) is 60.8 Å². The van der Waals surface area contributed by atoms with Gasteiger partial charge in [-0.2, -0.15) is 0 Å². The van der Waals surface area contributed by atoms with Crippen LogP contribution in [0.1, 0.15) is 22.1 Å². The molecule has 2 fully saturated rings. The Kier molecular flexibility index (Phi) is 5.54. The number of hydrogen-bond donors (Lipinski definition) is 0. The van der Waals surface area contributed by atoms with Gasteiger partial charge in [0, 0.05) is 37.4 Å². The van der Waals surface area contributed by atoms with Gasteiger partial charge in [0.1, 0.15) is 18.1 Å². The van der Waals surface area contributed by atoms with E-state index in [0.29, 0.717) is 25.3 Å². The Balaban J connectivity index is 1.13. The summed E-state index contributed by atoms with van der Waals surface area (Å²) in [7, 11) is 0. The average molecular weight is 419 g/mol. The highest BCUT2D eigenvalue weighted by atomic mass is 16.5. The van der Waals surface area contributed by atoms with Crippen LogP contribution >= 0.6 is 0 Å². The Morgan fingerprint density at radius 1 is 1.03 bits per heavy atom. The third kappa shape index (κ3) is 4.39. The lowest BCUT2D eigenvalue weighted by molar-refractivity contribution is 0.0498. The summed E-state index contributed by atoms with van der Waals surface area (Å²) in [6.07, 6.45) is 1.90. The quantitative estimate of drug-likeness (QED) is 0.611. The van der Waals surface area contributed by atoms with Gasteiger partial charge in [0.05, 0.1) is 25.5 Å². The fourth-order valence-corrected chi connectivity index (χ4v) is 3.84. The molecule has 8 nitrogen and oxygen atoms in total. The summed E-state index contributed by atoms with van der Waals surface area (Å²) >= 11 is 0. The van der Waals surface area contributed by atoms with Crippen molar-refractivity contribution in [3.05, 3.63) is 72.1 Å². The van der Waals surface area contributed by atoms with Crippen molar-refractivity contribution in [1.29, 1.82) is 0 Å². The number of carbonyl (C=O) groups is 1. The molecule has 1 amide bonds. The number of hydrogen-bond acceptors (Lipinski definition) is 6. The number of ether oxygens (including phenoxy) is 2. The zero-order valence-corrected chi connectivity index (χ0v) is 17.3. The monoisotopic (exact) mass is 419 g/mol. The normalized spacial score (nSPS) is 16.8. The highest BCUT2D eigenvalue weighted by Crippen LogP contribution is 2.24. The topological polar surface area (TPSA) is 72.7 Å². The lowest BCUT2D eigenvalue weighted by Crippen LogP contribution is -2.50. The lowest BCUT2D eigenvalue weighted by atomic mass is 10.1. The van der Waals surface area contributed by atoms with E-state index in [1.165, 1.54) is 0 Å². The molecule has 3 heterocycles. The van der Waals surface area contributed by atoms with Gasteiger partial charge in [0.2, 0.25) is 0 Å². The number of amides is 1. The second-order valence-electron chi connectivity index (χ2n) is 7.80. The zero-order chi connectivity index (χ0) is 21.0. The van der Waals surface area contributed by atoms with Gasteiger partial charge in [-0.15, -0.1) is 5.10 Å². The number of morpholine rings is 1. The highest BCUT2D eigenvalue weighted by Gasteiger charge is 2.33. The number of rotatable bonds is 6. The molecule has 0 N–H and O–H groups in total. The molecule has 2 saturated heterocycles.